The summed E-state index contributed by atoms with van der Waals surface area (Å²) in [6.45, 7) is 7.31. The topological polar surface area (TPSA) is 24.5 Å². The molecule has 1 aromatic carbocycles. The lowest BCUT2D eigenvalue weighted by molar-refractivity contribution is -0.253. The summed E-state index contributed by atoms with van der Waals surface area (Å²) >= 11 is 0. The van der Waals surface area contributed by atoms with E-state index in [2.05, 4.69) is 21.5 Å². The van der Waals surface area contributed by atoms with Crippen LogP contribution in [0.1, 0.15) is 24.4 Å². The van der Waals surface area contributed by atoms with Gasteiger partial charge in [-0.2, -0.15) is 17.6 Å². The maximum Gasteiger partial charge on any atom is 0.461 e. The van der Waals surface area contributed by atoms with Crippen LogP contribution >= 0.6 is 24.8 Å². The SMILES string of the molecule is C=CCC[C@H](c1ccc(OC(F)(F)C(F)F)cc1)N1CCNCC1.Cl.Cl. The van der Waals surface area contributed by atoms with Crippen molar-refractivity contribution in [3.8, 4) is 5.75 Å². The molecule has 1 aliphatic heterocycles. The van der Waals surface area contributed by atoms with E-state index >= 15 is 0 Å². The van der Waals surface area contributed by atoms with Crippen molar-refractivity contribution in [2.45, 2.75) is 31.4 Å². The zero-order valence-corrected chi connectivity index (χ0v) is 15.8. The lowest BCUT2D eigenvalue weighted by Crippen LogP contribution is -2.45. The number of piperazine rings is 1. The molecule has 26 heavy (non-hydrogen) atoms. The van der Waals surface area contributed by atoms with Crippen molar-refractivity contribution in [1.29, 1.82) is 0 Å². The summed E-state index contributed by atoms with van der Waals surface area (Å²) in [6, 6.07) is 6.08. The first kappa shape index (κ1) is 25.0. The van der Waals surface area contributed by atoms with E-state index in [4.69, 9.17) is 0 Å². The van der Waals surface area contributed by atoms with Crippen molar-refractivity contribution in [3.63, 3.8) is 0 Å². The molecule has 0 aliphatic carbocycles. The number of nitrogens with one attached hydrogen (secondary N) is 1. The average molecular weight is 419 g/mol. The highest BCUT2D eigenvalue weighted by atomic mass is 35.5. The zero-order chi connectivity index (χ0) is 17.6. The predicted molar refractivity (Wildman–Crippen MR) is 99.1 cm³/mol. The van der Waals surface area contributed by atoms with Crippen LogP contribution in [0.25, 0.3) is 0 Å². The second kappa shape index (κ2) is 11.6. The van der Waals surface area contributed by atoms with Gasteiger partial charge >= 0.3 is 12.5 Å². The van der Waals surface area contributed by atoms with Gasteiger partial charge in [-0.05, 0) is 30.5 Å². The summed E-state index contributed by atoms with van der Waals surface area (Å²) in [4.78, 5) is 2.32. The number of hydrogen-bond acceptors (Lipinski definition) is 3. The minimum atomic E-state index is -4.48. The Morgan fingerprint density at radius 2 is 1.73 bits per heavy atom. The van der Waals surface area contributed by atoms with Gasteiger partial charge in [0.2, 0.25) is 0 Å². The van der Waals surface area contributed by atoms with E-state index < -0.39 is 12.5 Å². The number of hydrogen-bond donors (Lipinski definition) is 1. The molecule has 0 amide bonds. The van der Waals surface area contributed by atoms with Gasteiger partial charge in [0.1, 0.15) is 5.75 Å². The number of allylic oxidation sites excluding steroid dienone is 1. The second-order valence-electron chi connectivity index (χ2n) is 5.70. The molecule has 0 unspecified atom stereocenters. The Hall–Kier alpha value is -1.02. The van der Waals surface area contributed by atoms with Crippen molar-refractivity contribution in [2.24, 2.45) is 0 Å². The van der Waals surface area contributed by atoms with Crippen molar-refractivity contribution in [1.82, 2.24) is 10.2 Å². The van der Waals surface area contributed by atoms with E-state index in [1.54, 1.807) is 12.1 Å². The summed E-state index contributed by atoms with van der Waals surface area (Å²) in [5, 5.41) is 3.29. The molecule has 3 nitrogen and oxygen atoms in total. The zero-order valence-electron chi connectivity index (χ0n) is 14.2. The van der Waals surface area contributed by atoms with Gasteiger partial charge in [-0.3, -0.25) is 4.90 Å². The number of rotatable bonds is 8. The van der Waals surface area contributed by atoms with Crippen LogP contribution in [0.15, 0.2) is 36.9 Å². The molecule has 1 atom stereocenters. The molecule has 1 aliphatic rings. The van der Waals surface area contributed by atoms with Gasteiger partial charge in [0, 0.05) is 32.2 Å². The Balaban J connectivity index is 0.00000312. The monoisotopic (exact) mass is 418 g/mol. The molecule has 9 heteroatoms. The van der Waals surface area contributed by atoms with Crippen molar-refractivity contribution in [3.05, 3.63) is 42.5 Å². The highest BCUT2D eigenvalue weighted by Crippen LogP contribution is 2.31. The minimum Gasteiger partial charge on any atom is -0.428 e. The third-order valence-corrected chi connectivity index (χ3v) is 4.01. The Morgan fingerprint density at radius 3 is 2.23 bits per heavy atom. The normalized spacial score (nSPS) is 16.3. The van der Waals surface area contributed by atoms with Crippen LogP contribution in [-0.4, -0.2) is 43.6 Å². The standard InChI is InChI=1S/C17H22F4N2O.2ClH/c1-2-3-4-15(23-11-9-22-10-12-23)13-5-7-14(8-6-13)24-17(20,21)16(18)19;;/h2,5-8,15-16,22H,1,3-4,9-12H2;2*1H/t15-;;/m1../s1. The van der Waals surface area contributed by atoms with Gasteiger partial charge in [0.25, 0.3) is 0 Å². The fourth-order valence-corrected chi connectivity index (χ4v) is 2.79. The van der Waals surface area contributed by atoms with E-state index in [9.17, 15) is 17.6 Å². The number of halogens is 6. The molecule has 1 saturated heterocycles. The third-order valence-electron chi connectivity index (χ3n) is 4.01. The van der Waals surface area contributed by atoms with E-state index in [1.807, 2.05) is 6.08 Å². The number of benzene rings is 1. The molecule has 1 fully saturated rings. The van der Waals surface area contributed by atoms with E-state index in [1.165, 1.54) is 12.1 Å². The van der Waals surface area contributed by atoms with E-state index in [0.29, 0.717) is 0 Å². The van der Waals surface area contributed by atoms with Crippen LogP contribution in [0.2, 0.25) is 0 Å². The van der Waals surface area contributed by atoms with Gasteiger partial charge in [0.15, 0.2) is 0 Å². The summed E-state index contributed by atoms with van der Waals surface area (Å²) in [5.41, 5.74) is 0.950. The summed E-state index contributed by atoms with van der Waals surface area (Å²) in [5.74, 6) is -0.271. The Bertz CT molecular complexity index is 526. The first-order valence-corrected chi connectivity index (χ1v) is 7.94. The number of ether oxygens (including phenoxy) is 1. The van der Waals surface area contributed by atoms with Gasteiger partial charge in [0.05, 0.1) is 0 Å². The van der Waals surface area contributed by atoms with Gasteiger partial charge in [-0.15, -0.1) is 31.4 Å². The maximum absolute atomic E-state index is 13.0. The summed E-state index contributed by atoms with van der Waals surface area (Å²) in [6.07, 6.45) is -4.82. The van der Waals surface area contributed by atoms with Gasteiger partial charge in [-0.25, -0.2) is 0 Å². The molecule has 0 spiro atoms. The molecule has 1 N–H and O–H groups in total. The van der Waals surface area contributed by atoms with Gasteiger partial charge in [-0.1, -0.05) is 18.2 Å². The minimum absolute atomic E-state index is 0. The highest BCUT2D eigenvalue weighted by molar-refractivity contribution is 5.85. The van der Waals surface area contributed by atoms with Crippen LogP contribution in [0.3, 0.4) is 0 Å². The van der Waals surface area contributed by atoms with Crippen LogP contribution in [0, 0.1) is 0 Å². The molecular formula is C17H24Cl2F4N2O. The van der Waals surface area contributed by atoms with Crippen LogP contribution in [-0.2, 0) is 0 Å². The molecule has 0 aromatic heterocycles. The molecule has 1 heterocycles. The lowest BCUT2D eigenvalue weighted by Gasteiger charge is -2.35. The molecule has 0 saturated carbocycles. The first-order valence-electron chi connectivity index (χ1n) is 7.94. The summed E-state index contributed by atoms with van der Waals surface area (Å²) in [7, 11) is 0. The molecule has 150 valence electrons. The van der Waals surface area contributed by atoms with Crippen LogP contribution in [0.5, 0.6) is 5.75 Å². The molecular weight excluding hydrogens is 395 g/mol. The predicted octanol–water partition coefficient (Wildman–Crippen LogP) is 4.68. The van der Waals surface area contributed by atoms with Crippen molar-refractivity contribution in [2.75, 3.05) is 26.2 Å². The summed E-state index contributed by atoms with van der Waals surface area (Å²) < 4.78 is 54.4. The third kappa shape index (κ3) is 6.95. The quantitative estimate of drug-likeness (QED) is 0.489. The van der Waals surface area contributed by atoms with E-state index in [0.717, 1.165) is 44.6 Å². The Kier molecular flexibility index (Phi) is 11.2. The van der Waals surface area contributed by atoms with Crippen molar-refractivity contribution >= 4 is 24.8 Å². The fraction of sp³-hybridized carbons (Fsp3) is 0.529. The molecule has 0 radical (unpaired) electrons. The Morgan fingerprint density at radius 1 is 1.15 bits per heavy atom. The second-order valence-corrected chi connectivity index (χ2v) is 5.70. The highest BCUT2D eigenvalue weighted by Gasteiger charge is 2.43. The molecule has 1 aromatic rings. The first-order chi connectivity index (χ1) is 11.4. The van der Waals surface area contributed by atoms with Crippen LogP contribution in [0.4, 0.5) is 17.6 Å². The number of nitrogens with zero attached hydrogens (tertiary/aromatic N) is 1. The lowest BCUT2D eigenvalue weighted by atomic mass is 9.99. The smallest absolute Gasteiger partial charge is 0.428 e. The fourth-order valence-electron chi connectivity index (χ4n) is 2.79. The van der Waals surface area contributed by atoms with Crippen molar-refractivity contribution < 1.29 is 22.3 Å². The van der Waals surface area contributed by atoms with Crippen LogP contribution < -0.4 is 10.1 Å². The maximum atomic E-state index is 13.0. The Labute approximate surface area is 163 Å². The average Bonchev–Trinajstić information content (AvgIpc) is 2.57. The molecule has 0 bridgehead atoms. The molecule has 2 rings (SSSR count). The number of alkyl halides is 4. The van der Waals surface area contributed by atoms with E-state index in [-0.39, 0.29) is 36.6 Å². The van der Waals surface area contributed by atoms with Gasteiger partial charge < -0.3 is 10.1 Å². The largest absolute Gasteiger partial charge is 0.461 e.